The van der Waals surface area contributed by atoms with E-state index in [1.165, 1.54) is 18.4 Å². The fourth-order valence-electron chi connectivity index (χ4n) is 3.07. The van der Waals surface area contributed by atoms with Gasteiger partial charge in [0.05, 0.1) is 25.8 Å². The second-order valence-electron chi connectivity index (χ2n) is 7.10. The number of amides is 2. The quantitative estimate of drug-likeness (QED) is 0.591. The molecule has 0 aliphatic rings. The smallest absolute Gasteiger partial charge is 0.341 e. The van der Waals surface area contributed by atoms with E-state index in [4.69, 9.17) is 4.74 Å². The number of hydrogen-bond donors (Lipinski definition) is 2. The molecule has 0 saturated heterocycles. The predicted molar refractivity (Wildman–Crippen MR) is 120 cm³/mol. The molecule has 0 fully saturated rings. The lowest BCUT2D eigenvalue weighted by Crippen LogP contribution is -2.39. The summed E-state index contributed by atoms with van der Waals surface area (Å²) in [5.41, 5.74) is 2.91. The molecule has 0 spiro atoms. The average Bonchev–Trinajstić information content (AvgIpc) is 2.96. The van der Waals surface area contributed by atoms with E-state index in [-0.39, 0.29) is 24.9 Å². The van der Waals surface area contributed by atoms with Gasteiger partial charge in [-0.05, 0) is 50.9 Å². The van der Waals surface area contributed by atoms with Gasteiger partial charge in [-0.3, -0.25) is 14.5 Å². The van der Waals surface area contributed by atoms with Gasteiger partial charge in [0.25, 0.3) is 0 Å². The first-order valence-electron chi connectivity index (χ1n) is 9.82. The first-order chi connectivity index (χ1) is 14.3. The van der Waals surface area contributed by atoms with Crippen LogP contribution in [0.25, 0.3) is 0 Å². The summed E-state index contributed by atoms with van der Waals surface area (Å²) in [6.45, 7) is 8.38. The van der Waals surface area contributed by atoms with E-state index in [1.807, 2.05) is 52.0 Å². The Labute approximate surface area is 181 Å². The lowest BCUT2D eigenvalue weighted by molar-refractivity contribution is -0.120. The Bertz CT molecular complexity index is 923. The van der Waals surface area contributed by atoms with Gasteiger partial charge in [-0.15, -0.1) is 11.3 Å². The molecule has 1 heterocycles. The molecule has 0 saturated carbocycles. The second kappa shape index (κ2) is 10.9. The minimum absolute atomic E-state index is 0.0473. The van der Waals surface area contributed by atoms with Crippen molar-refractivity contribution in [2.24, 2.45) is 0 Å². The molecular weight excluding hydrogens is 402 g/mol. The van der Waals surface area contributed by atoms with Crippen LogP contribution in [-0.2, 0) is 14.3 Å². The molecule has 1 aromatic heterocycles. The lowest BCUT2D eigenvalue weighted by atomic mass is 10.1. The van der Waals surface area contributed by atoms with Crippen LogP contribution in [0.3, 0.4) is 0 Å². The molecule has 7 nitrogen and oxygen atoms in total. The van der Waals surface area contributed by atoms with E-state index in [0.29, 0.717) is 17.1 Å². The van der Waals surface area contributed by atoms with Crippen molar-refractivity contribution in [3.63, 3.8) is 0 Å². The Balaban J connectivity index is 2.04. The Kier molecular flexibility index (Phi) is 8.56. The number of nitrogens with one attached hydrogen (secondary N) is 2. The number of benzene rings is 1. The van der Waals surface area contributed by atoms with Gasteiger partial charge < -0.3 is 15.4 Å². The van der Waals surface area contributed by atoms with Crippen LogP contribution in [0.4, 0.5) is 10.7 Å². The maximum absolute atomic E-state index is 12.6. The normalized spacial score (nSPS) is 10.7. The Morgan fingerprint density at radius 3 is 2.27 bits per heavy atom. The van der Waals surface area contributed by atoms with E-state index in [2.05, 4.69) is 10.6 Å². The van der Waals surface area contributed by atoms with Gasteiger partial charge in [-0.25, -0.2) is 4.79 Å². The third-order valence-corrected chi connectivity index (χ3v) is 5.84. The number of methoxy groups -OCH3 is 1. The van der Waals surface area contributed by atoms with Gasteiger partial charge in [0.15, 0.2) is 0 Å². The summed E-state index contributed by atoms with van der Waals surface area (Å²) < 4.78 is 4.84. The maximum Gasteiger partial charge on any atom is 0.341 e. The van der Waals surface area contributed by atoms with Crippen molar-refractivity contribution in [2.75, 3.05) is 37.4 Å². The van der Waals surface area contributed by atoms with Crippen molar-refractivity contribution in [3.8, 4) is 0 Å². The van der Waals surface area contributed by atoms with E-state index in [0.717, 1.165) is 28.1 Å². The largest absolute Gasteiger partial charge is 0.465 e. The summed E-state index contributed by atoms with van der Waals surface area (Å²) in [7, 11) is 1.32. The van der Waals surface area contributed by atoms with Gasteiger partial charge in [0.1, 0.15) is 5.00 Å². The van der Waals surface area contributed by atoms with Crippen molar-refractivity contribution < 1.29 is 19.1 Å². The topological polar surface area (TPSA) is 87.7 Å². The van der Waals surface area contributed by atoms with Crippen LogP contribution in [0.2, 0.25) is 0 Å². The van der Waals surface area contributed by atoms with Crippen molar-refractivity contribution in [2.45, 2.75) is 34.1 Å². The number of thiophene rings is 1. The first-order valence-corrected chi connectivity index (χ1v) is 10.6. The number of para-hydroxylation sites is 1. The van der Waals surface area contributed by atoms with Crippen LogP contribution >= 0.6 is 11.3 Å². The number of anilines is 2. The van der Waals surface area contributed by atoms with E-state index < -0.39 is 5.97 Å². The minimum atomic E-state index is -0.477. The molecule has 2 N–H and O–H groups in total. The molecule has 2 amide bonds. The SMILES string of the molecule is CCCN(CC(=O)Nc1ccccc1C)CC(=O)Nc1sc(C)c(C)c1C(=O)OC. The first kappa shape index (κ1) is 23.6. The molecule has 0 bridgehead atoms. The van der Waals surface area contributed by atoms with Crippen LogP contribution in [0, 0.1) is 20.8 Å². The highest BCUT2D eigenvalue weighted by molar-refractivity contribution is 7.16. The molecule has 0 unspecified atom stereocenters. The zero-order chi connectivity index (χ0) is 22.3. The number of carbonyl (C=O) groups excluding carboxylic acids is 3. The molecule has 2 aromatic rings. The van der Waals surface area contributed by atoms with Gasteiger partial charge in [0, 0.05) is 10.6 Å². The molecular formula is C22H29N3O4S. The standard InChI is InChI=1S/C22H29N3O4S/c1-6-11-25(12-18(26)23-17-10-8-7-9-14(17)2)13-19(27)24-21-20(22(28)29-5)15(3)16(4)30-21/h7-10H,6,11-13H2,1-5H3,(H,23,26)(H,24,27). The molecule has 8 heteroatoms. The monoisotopic (exact) mass is 431 g/mol. The van der Waals surface area contributed by atoms with Crippen molar-refractivity contribution in [1.82, 2.24) is 4.90 Å². The number of nitrogens with zero attached hydrogens (tertiary/aromatic N) is 1. The highest BCUT2D eigenvalue weighted by atomic mass is 32.1. The number of esters is 1. The third-order valence-electron chi connectivity index (χ3n) is 4.72. The van der Waals surface area contributed by atoms with Crippen molar-refractivity contribution >= 4 is 39.8 Å². The Morgan fingerprint density at radius 2 is 1.67 bits per heavy atom. The Hall–Kier alpha value is -2.71. The van der Waals surface area contributed by atoms with Crippen LogP contribution in [0.5, 0.6) is 0 Å². The van der Waals surface area contributed by atoms with Gasteiger partial charge in [0.2, 0.25) is 11.8 Å². The molecule has 162 valence electrons. The van der Waals surface area contributed by atoms with Crippen LogP contribution in [-0.4, -0.2) is 49.4 Å². The molecule has 0 radical (unpaired) electrons. The molecule has 1 aromatic carbocycles. The summed E-state index contributed by atoms with van der Waals surface area (Å²) in [5.74, 6) is -0.933. The van der Waals surface area contributed by atoms with E-state index in [1.54, 1.807) is 4.90 Å². The summed E-state index contributed by atoms with van der Waals surface area (Å²) in [4.78, 5) is 39.9. The fraction of sp³-hybridized carbons (Fsp3) is 0.409. The lowest BCUT2D eigenvalue weighted by Gasteiger charge is -2.21. The molecule has 2 rings (SSSR count). The zero-order valence-corrected chi connectivity index (χ0v) is 18.9. The molecule has 0 atom stereocenters. The minimum Gasteiger partial charge on any atom is -0.465 e. The Morgan fingerprint density at radius 1 is 1.03 bits per heavy atom. The van der Waals surface area contributed by atoms with E-state index >= 15 is 0 Å². The number of aryl methyl sites for hydroxylation is 2. The van der Waals surface area contributed by atoms with E-state index in [9.17, 15) is 14.4 Å². The van der Waals surface area contributed by atoms with Crippen LogP contribution in [0.1, 0.15) is 39.7 Å². The van der Waals surface area contributed by atoms with Gasteiger partial charge in [-0.1, -0.05) is 25.1 Å². The van der Waals surface area contributed by atoms with Crippen LogP contribution in [0.15, 0.2) is 24.3 Å². The average molecular weight is 432 g/mol. The maximum atomic E-state index is 12.6. The second-order valence-corrected chi connectivity index (χ2v) is 8.33. The zero-order valence-electron chi connectivity index (χ0n) is 18.1. The predicted octanol–water partition coefficient (Wildman–Crippen LogP) is 3.75. The summed E-state index contributed by atoms with van der Waals surface area (Å²) in [6, 6.07) is 7.55. The fourth-order valence-corrected chi connectivity index (χ4v) is 4.13. The van der Waals surface area contributed by atoms with Crippen molar-refractivity contribution in [1.29, 1.82) is 0 Å². The van der Waals surface area contributed by atoms with Gasteiger partial charge in [-0.2, -0.15) is 0 Å². The molecule has 0 aliphatic heterocycles. The number of hydrogen-bond acceptors (Lipinski definition) is 6. The highest BCUT2D eigenvalue weighted by Gasteiger charge is 2.22. The number of carbonyl (C=O) groups is 3. The van der Waals surface area contributed by atoms with Gasteiger partial charge >= 0.3 is 5.97 Å². The molecule has 0 aliphatic carbocycles. The summed E-state index contributed by atoms with van der Waals surface area (Å²) in [6.07, 6.45) is 0.801. The highest BCUT2D eigenvalue weighted by Crippen LogP contribution is 2.32. The molecule has 30 heavy (non-hydrogen) atoms. The number of ether oxygens (including phenoxy) is 1. The van der Waals surface area contributed by atoms with Crippen LogP contribution < -0.4 is 10.6 Å². The number of rotatable bonds is 9. The third kappa shape index (κ3) is 6.14. The van der Waals surface area contributed by atoms with Crippen molar-refractivity contribution in [3.05, 3.63) is 45.8 Å². The summed E-state index contributed by atoms with van der Waals surface area (Å²) in [5, 5.41) is 6.18. The summed E-state index contributed by atoms with van der Waals surface area (Å²) >= 11 is 1.34.